The summed E-state index contributed by atoms with van der Waals surface area (Å²) in [5, 5.41) is 0. The van der Waals surface area contributed by atoms with Gasteiger partial charge in [0.05, 0.1) is 19.8 Å². The van der Waals surface area contributed by atoms with Gasteiger partial charge in [-0.15, -0.1) is 0 Å². The fraction of sp³-hybridized carbons (Fsp3) is 0.976. The molecule has 2 unspecified atom stereocenters. The summed E-state index contributed by atoms with van der Waals surface area (Å²) >= 11 is 0. The highest BCUT2D eigenvalue weighted by Gasteiger charge is 2.25. The Hall–Kier alpha value is -0.500. The third-order valence-electron chi connectivity index (χ3n) is 9.52. The standard InChI is InChI=1S/C41H84NO7P/c1-3-5-7-9-11-13-15-16-17-18-19-20-21-22-23-25-27-29-31-33-36-46-38-40(39-48-50(44,45)47-37-35-42)49-41(43)34-32-30-28-26-24-14-12-10-8-6-4-2/h40H,3-39,42H2,1-2H3,(H,44,45). The third kappa shape index (κ3) is 38.7. The van der Waals surface area contributed by atoms with Crippen LogP contribution in [0.4, 0.5) is 0 Å². The average Bonchev–Trinajstić information content (AvgIpc) is 3.10. The maximum absolute atomic E-state index is 12.5. The minimum absolute atomic E-state index is 0.0902. The van der Waals surface area contributed by atoms with Crippen LogP contribution in [0.1, 0.15) is 219 Å². The van der Waals surface area contributed by atoms with E-state index in [-0.39, 0.29) is 32.3 Å². The Morgan fingerprint density at radius 1 is 0.520 bits per heavy atom. The normalized spacial score (nSPS) is 13.4. The zero-order valence-electron chi connectivity index (χ0n) is 33.2. The second-order valence-electron chi connectivity index (χ2n) is 14.6. The van der Waals surface area contributed by atoms with Gasteiger partial charge in [0.2, 0.25) is 0 Å². The lowest BCUT2D eigenvalue weighted by atomic mass is 10.0. The van der Waals surface area contributed by atoms with Gasteiger partial charge < -0.3 is 20.1 Å². The molecule has 0 bridgehead atoms. The van der Waals surface area contributed by atoms with Crippen molar-refractivity contribution in [2.75, 3.05) is 33.0 Å². The van der Waals surface area contributed by atoms with E-state index in [0.717, 1.165) is 32.1 Å². The van der Waals surface area contributed by atoms with Gasteiger partial charge >= 0.3 is 13.8 Å². The summed E-state index contributed by atoms with van der Waals surface area (Å²) in [6.07, 6.45) is 39.8. The van der Waals surface area contributed by atoms with Crippen LogP contribution >= 0.6 is 7.82 Å². The van der Waals surface area contributed by atoms with Gasteiger partial charge in [0.25, 0.3) is 0 Å². The molecule has 0 rings (SSSR count). The first-order valence-electron chi connectivity index (χ1n) is 21.5. The number of ether oxygens (including phenoxy) is 2. The average molecular weight is 734 g/mol. The Balaban J connectivity index is 3.91. The fourth-order valence-electron chi connectivity index (χ4n) is 6.35. The first kappa shape index (κ1) is 49.5. The number of carbonyl (C=O) groups is 1. The molecule has 0 saturated carbocycles. The number of rotatable bonds is 42. The van der Waals surface area contributed by atoms with Crippen molar-refractivity contribution in [2.24, 2.45) is 5.73 Å². The van der Waals surface area contributed by atoms with Gasteiger partial charge in [-0.3, -0.25) is 13.8 Å². The minimum Gasteiger partial charge on any atom is -0.457 e. The Labute approximate surface area is 310 Å². The van der Waals surface area contributed by atoms with E-state index in [4.69, 9.17) is 24.3 Å². The smallest absolute Gasteiger partial charge is 0.457 e. The molecule has 0 aromatic carbocycles. The lowest BCUT2D eigenvalue weighted by Crippen LogP contribution is -2.28. The molecular weight excluding hydrogens is 649 g/mol. The molecule has 9 heteroatoms. The minimum atomic E-state index is -4.26. The summed E-state index contributed by atoms with van der Waals surface area (Å²) in [4.78, 5) is 22.4. The van der Waals surface area contributed by atoms with Crippen LogP contribution in [-0.4, -0.2) is 49.9 Å². The van der Waals surface area contributed by atoms with Crippen molar-refractivity contribution in [2.45, 2.75) is 225 Å². The molecule has 3 N–H and O–H groups in total. The van der Waals surface area contributed by atoms with E-state index in [0.29, 0.717) is 13.0 Å². The molecule has 0 aromatic rings. The highest BCUT2D eigenvalue weighted by Crippen LogP contribution is 2.43. The summed E-state index contributed by atoms with van der Waals surface area (Å²) in [6, 6.07) is 0. The van der Waals surface area contributed by atoms with Gasteiger partial charge in [-0.2, -0.15) is 0 Å². The first-order valence-corrected chi connectivity index (χ1v) is 23.0. The molecule has 300 valence electrons. The number of unbranched alkanes of at least 4 members (excludes halogenated alkanes) is 29. The van der Waals surface area contributed by atoms with Gasteiger partial charge in [-0.1, -0.05) is 200 Å². The van der Waals surface area contributed by atoms with Crippen molar-refractivity contribution in [3.05, 3.63) is 0 Å². The van der Waals surface area contributed by atoms with Crippen LogP contribution in [0.2, 0.25) is 0 Å². The number of phosphoric ester groups is 1. The van der Waals surface area contributed by atoms with E-state index in [2.05, 4.69) is 13.8 Å². The molecule has 0 fully saturated rings. The highest BCUT2D eigenvalue weighted by molar-refractivity contribution is 7.47. The Morgan fingerprint density at radius 3 is 1.26 bits per heavy atom. The third-order valence-corrected chi connectivity index (χ3v) is 10.5. The second-order valence-corrected chi connectivity index (χ2v) is 16.0. The summed E-state index contributed by atoms with van der Waals surface area (Å²) in [5.41, 5.74) is 5.36. The van der Waals surface area contributed by atoms with Crippen LogP contribution in [0, 0.1) is 0 Å². The van der Waals surface area contributed by atoms with Crippen molar-refractivity contribution in [1.82, 2.24) is 0 Å². The molecule has 0 radical (unpaired) electrons. The number of phosphoric acid groups is 1. The van der Waals surface area contributed by atoms with E-state index in [1.807, 2.05) is 0 Å². The predicted octanol–water partition coefficient (Wildman–Crippen LogP) is 12.5. The fourth-order valence-corrected chi connectivity index (χ4v) is 7.12. The largest absolute Gasteiger partial charge is 0.472 e. The lowest BCUT2D eigenvalue weighted by Gasteiger charge is -2.20. The number of nitrogens with two attached hydrogens (primary N) is 1. The lowest BCUT2D eigenvalue weighted by molar-refractivity contribution is -0.154. The zero-order valence-corrected chi connectivity index (χ0v) is 34.1. The summed E-state index contributed by atoms with van der Waals surface area (Å²) < 4.78 is 33.4. The van der Waals surface area contributed by atoms with Crippen molar-refractivity contribution in [1.29, 1.82) is 0 Å². The van der Waals surface area contributed by atoms with E-state index < -0.39 is 13.9 Å². The van der Waals surface area contributed by atoms with Crippen molar-refractivity contribution in [3.8, 4) is 0 Å². The van der Waals surface area contributed by atoms with E-state index in [1.165, 1.54) is 167 Å². The maximum atomic E-state index is 12.5. The zero-order chi connectivity index (χ0) is 36.6. The Kier molecular flexibility index (Phi) is 39.3. The van der Waals surface area contributed by atoms with E-state index >= 15 is 0 Å². The number of hydrogen-bond acceptors (Lipinski definition) is 7. The van der Waals surface area contributed by atoms with Crippen molar-refractivity contribution >= 4 is 13.8 Å². The molecule has 0 amide bonds. The van der Waals surface area contributed by atoms with Crippen molar-refractivity contribution in [3.63, 3.8) is 0 Å². The Bertz CT molecular complexity index is 742. The molecule has 50 heavy (non-hydrogen) atoms. The molecule has 0 aliphatic heterocycles. The maximum Gasteiger partial charge on any atom is 0.472 e. The molecule has 2 atom stereocenters. The molecule has 0 saturated heterocycles. The van der Waals surface area contributed by atoms with Crippen LogP contribution in [0.3, 0.4) is 0 Å². The van der Waals surface area contributed by atoms with E-state index in [1.54, 1.807) is 0 Å². The van der Waals surface area contributed by atoms with Gasteiger partial charge in [-0.05, 0) is 12.8 Å². The SMILES string of the molecule is CCCCCCCCCCCCCCCCCCCCCCOCC(COP(=O)(O)OCCN)OC(=O)CCCCCCCCCCCCC. The second kappa shape index (κ2) is 39.7. The van der Waals surface area contributed by atoms with Gasteiger partial charge in [0, 0.05) is 19.6 Å². The Morgan fingerprint density at radius 2 is 0.880 bits per heavy atom. The van der Waals surface area contributed by atoms with Gasteiger partial charge in [0.15, 0.2) is 0 Å². The van der Waals surface area contributed by atoms with Crippen LogP contribution in [0.5, 0.6) is 0 Å². The number of hydrogen-bond donors (Lipinski definition) is 2. The molecule has 0 heterocycles. The number of esters is 1. The van der Waals surface area contributed by atoms with Gasteiger partial charge in [-0.25, -0.2) is 4.57 Å². The topological polar surface area (TPSA) is 117 Å². The molecule has 8 nitrogen and oxygen atoms in total. The van der Waals surface area contributed by atoms with Crippen LogP contribution in [-0.2, 0) is 27.9 Å². The highest BCUT2D eigenvalue weighted by atomic mass is 31.2. The van der Waals surface area contributed by atoms with Crippen LogP contribution in [0.25, 0.3) is 0 Å². The molecule has 0 aliphatic carbocycles. The number of carbonyl (C=O) groups excluding carboxylic acids is 1. The monoisotopic (exact) mass is 734 g/mol. The summed E-state index contributed by atoms with van der Waals surface area (Å²) in [6.45, 7) is 4.97. The summed E-state index contributed by atoms with van der Waals surface area (Å²) in [5.74, 6) is -0.326. The molecule has 0 aliphatic rings. The van der Waals surface area contributed by atoms with Gasteiger partial charge in [0.1, 0.15) is 6.10 Å². The van der Waals surface area contributed by atoms with Crippen LogP contribution in [0.15, 0.2) is 0 Å². The molecule has 0 spiro atoms. The molecule has 0 aromatic heterocycles. The van der Waals surface area contributed by atoms with E-state index in [9.17, 15) is 14.3 Å². The quantitative estimate of drug-likeness (QED) is 0.0362. The van der Waals surface area contributed by atoms with Crippen molar-refractivity contribution < 1.29 is 32.8 Å². The first-order chi connectivity index (χ1) is 24.4. The summed E-state index contributed by atoms with van der Waals surface area (Å²) in [7, 11) is -4.26. The predicted molar refractivity (Wildman–Crippen MR) is 211 cm³/mol. The molecular formula is C41H84NO7P. The van der Waals surface area contributed by atoms with Crippen LogP contribution < -0.4 is 5.73 Å².